The molecule has 15 heavy (non-hydrogen) atoms. The van der Waals surface area contributed by atoms with Crippen LogP contribution in [0.3, 0.4) is 0 Å². The standard InChI is InChI=1S/C11H21N3O/c1-9(2)7-13-11-12-5-6-14(11)8-10(3)15-4/h5-6,9-10H,7-8H2,1-4H3,(H,12,13). The minimum atomic E-state index is 0.207. The molecule has 0 fully saturated rings. The van der Waals surface area contributed by atoms with E-state index in [0.29, 0.717) is 5.92 Å². The normalized spacial score (nSPS) is 13.1. The summed E-state index contributed by atoms with van der Waals surface area (Å²) in [5.41, 5.74) is 0. The molecule has 0 radical (unpaired) electrons. The van der Waals surface area contributed by atoms with Crippen LogP contribution >= 0.6 is 0 Å². The lowest BCUT2D eigenvalue weighted by atomic mass is 10.2. The zero-order valence-corrected chi connectivity index (χ0v) is 10.0. The summed E-state index contributed by atoms with van der Waals surface area (Å²) in [5, 5.41) is 3.32. The third-order valence-corrected chi connectivity index (χ3v) is 2.24. The van der Waals surface area contributed by atoms with Crippen molar-refractivity contribution in [3.63, 3.8) is 0 Å². The minimum Gasteiger partial charge on any atom is -0.380 e. The summed E-state index contributed by atoms with van der Waals surface area (Å²) in [4.78, 5) is 4.27. The molecule has 1 aromatic heterocycles. The Labute approximate surface area is 91.7 Å². The first-order chi connectivity index (χ1) is 7.13. The molecule has 1 atom stereocenters. The number of aromatic nitrogens is 2. The van der Waals surface area contributed by atoms with Crippen LogP contribution in [0.2, 0.25) is 0 Å². The molecule has 0 aliphatic heterocycles. The second-order valence-electron chi connectivity index (χ2n) is 4.22. The fourth-order valence-corrected chi connectivity index (χ4v) is 1.27. The van der Waals surface area contributed by atoms with Gasteiger partial charge in [-0.25, -0.2) is 4.98 Å². The first-order valence-corrected chi connectivity index (χ1v) is 5.41. The van der Waals surface area contributed by atoms with Crippen molar-refractivity contribution in [3.8, 4) is 0 Å². The molecule has 0 bridgehead atoms. The Balaban J connectivity index is 2.53. The van der Waals surface area contributed by atoms with Crippen molar-refractivity contribution in [3.05, 3.63) is 12.4 Å². The van der Waals surface area contributed by atoms with Gasteiger partial charge in [0.2, 0.25) is 5.95 Å². The number of anilines is 1. The van der Waals surface area contributed by atoms with E-state index in [1.54, 1.807) is 7.11 Å². The Morgan fingerprint density at radius 1 is 1.47 bits per heavy atom. The number of ether oxygens (including phenoxy) is 1. The minimum absolute atomic E-state index is 0.207. The Bertz CT molecular complexity index is 283. The summed E-state index contributed by atoms with van der Waals surface area (Å²) >= 11 is 0. The molecule has 4 heteroatoms. The second-order valence-corrected chi connectivity index (χ2v) is 4.22. The van der Waals surface area contributed by atoms with Gasteiger partial charge < -0.3 is 14.6 Å². The van der Waals surface area contributed by atoms with E-state index in [9.17, 15) is 0 Å². The molecule has 0 saturated carbocycles. The molecule has 1 rings (SSSR count). The van der Waals surface area contributed by atoms with Crippen LogP contribution in [0.1, 0.15) is 20.8 Å². The van der Waals surface area contributed by atoms with Gasteiger partial charge in [0.15, 0.2) is 0 Å². The highest BCUT2D eigenvalue weighted by molar-refractivity contribution is 5.25. The maximum absolute atomic E-state index is 5.23. The SMILES string of the molecule is COC(C)Cn1ccnc1NCC(C)C. The number of hydrogen-bond acceptors (Lipinski definition) is 3. The lowest BCUT2D eigenvalue weighted by Crippen LogP contribution is -2.18. The van der Waals surface area contributed by atoms with Gasteiger partial charge in [-0.15, -0.1) is 0 Å². The van der Waals surface area contributed by atoms with E-state index in [0.717, 1.165) is 19.0 Å². The van der Waals surface area contributed by atoms with Crippen molar-refractivity contribution < 1.29 is 4.74 Å². The Morgan fingerprint density at radius 3 is 2.80 bits per heavy atom. The molecular weight excluding hydrogens is 190 g/mol. The number of methoxy groups -OCH3 is 1. The van der Waals surface area contributed by atoms with Gasteiger partial charge in [0, 0.05) is 26.0 Å². The van der Waals surface area contributed by atoms with Gasteiger partial charge in [-0.1, -0.05) is 13.8 Å². The first-order valence-electron chi connectivity index (χ1n) is 5.41. The van der Waals surface area contributed by atoms with Gasteiger partial charge in [0.05, 0.1) is 12.6 Å². The molecule has 0 aromatic carbocycles. The van der Waals surface area contributed by atoms with Crippen molar-refractivity contribution in [2.24, 2.45) is 5.92 Å². The smallest absolute Gasteiger partial charge is 0.202 e. The van der Waals surface area contributed by atoms with Crippen molar-refractivity contribution >= 4 is 5.95 Å². The molecule has 0 aliphatic carbocycles. The van der Waals surface area contributed by atoms with E-state index < -0.39 is 0 Å². The topological polar surface area (TPSA) is 39.1 Å². The molecule has 0 aliphatic rings. The van der Waals surface area contributed by atoms with Gasteiger partial charge in [-0.2, -0.15) is 0 Å². The maximum Gasteiger partial charge on any atom is 0.202 e. The van der Waals surface area contributed by atoms with Gasteiger partial charge in [-0.05, 0) is 12.8 Å². The summed E-state index contributed by atoms with van der Waals surface area (Å²) in [6, 6.07) is 0. The summed E-state index contributed by atoms with van der Waals surface area (Å²) < 4.78 is 7.31. The highest BCUT2D eigenvalue weighted by Crippen LogP contribution is 2.07. The van der Waals surface area contributed by atoms with E-state index in [2.05, 4.69) is 28.7 Å². The van der Waals surface area contributed by atoms with Crippen molar-refractivity contribution in [1.82, 2.24) is 9.55 Å². The van der Waals surface area contributed by atoms with Crippen LogP contribution in [0, 0.1) is 5.92 Å². The van der Waals surface area contributed by atoms with Crippen LogP contribution in [0.5, 0.6) is 0 Å². The Morgan fingerprint density at radius 2 is 2.20 bits per heavy atom. The average Bonchev–Trinajstić information content (AvgIpc) is 2.62. The molecule has 1 heterocycles. The monoisotopic (exact) mass is 211 g/mol. The summed E-state index contributed by atoms with van der Waals surface area (Å²) in [5.74, 6) is 1.54. The van der Waals surface area contributed by atoms with Gasteiger partial charge >= 0.3 is 0 Å². The molecule has 0 spiro atoms. The Hall–Kier alpha value is -1.03. The highest BCUT2D eigenvalue weighted by Gasteiger charge is 2.06. The lowest BCUT2D eigenvalue weighted by molar-refractivity contribution is 0.104. The fraction of sp³-hybridized carbons (Fsp3) is 0.727. The number of imidazole rings is 1. The highest BCUT2D eigenvalue weighted by atomic mass is 16.5. The predicted octanol–water partition coefficient (Wildman–Crippen LogP) is 1.99. The van der Waals surface area contributed by atoms with E-state index in [1.165, 1.54) is 0 Å². The largest absolute Gasteiger partial charge is 0.380 e. The van der Waals surface area contributed by atoms with Crippen molar-refractivity contribution in [2.45, 2.75) is 33.4 Å². The predicted molar refractivity (Wildman–Crippen MR) is 62.0 cm³/mol. The van der Waals surface area contributed by atoms with Crippen molar-refractivity contribution in [2.75, 3.05) is 19.0 Å². The third-order valence-electron chi connectivity index (χ3n) is 2.24. The van der Waals surface area contributed by atoms with E-state index in [-0.39, 0.29) is 6.10 Å². The zero-order chi connectivity index (χ0) is 11.3. The van der Waals surface area contributed by atoms with Crippen LogP contribution in [0.25, 0.3) is 0 Å². The second kappa shape index (κ2) is 5.75. The van der Waals surface area contributed by atoms with Crippen LogP contribution in [0.4, 0.5) is 5.95 Å². The first kappa shape index (κ1) is 12.0. The average molecular weight is 211 g/mol. The number of nitrogens with one attached hydrogen (secondary N) is 1. The molecule has 0 saturated heterocycles. The number of rotatable bonds is 6. The van der Waals surface area contributed by atoms with Crippen LogP contribution in [-0.4, -0.2) is 29.3 Å². The van der Waals surface area contributed by atoms with Crippen LogP contribution < -0.4 is 5.32 Å². The molecule has 1 aromatic rings. The molecule has 1 N–H and O–H groups in total. The molecule has 86 valence electrons. The quantitative estimate of drug-likeness (QED) is 0.782. The fourth-order valence-electron chi connectivity index (χ4n) is 1.27. The van der Waals surface area contributed by atoms with E-state index >= 15 is 0 Å². The molecule has 0 amide bonds. The summed E-state index contributed by atoms with van der Waals surface area (Å²) in [6.07, 6.45) is 3.99. The Kier molecular flexibility index (Phi) is 4.62. The van der Waals surface area contributed by atoms with Crippen molar-refractivity contribution in [1.29, 1.82) is 0 Å². The summed E-state index contributed by atoms with van der Waals surface area (Å²) in [6.45, 7) is 8.18. The van der Waals surface area contributed by atoms with Gasteiger partial charge in [0.25, 0.3) is 0 Å². The number of nitrogens with zero attached hydrogens (tertiary/aromatic N) is 2. The number of hydrogen-bond donors (Lipinski definition) is 1. The third kappa shape index (κ3) is 3.91. The van der Waals surface area contributed by atoms with Crippen LogP contribution in [-0.2, 0) is 11.3 Å². The molecule has 1 unspecified atom stereocenters. The lowest BCUT2D eigenvalue weighted by Gasteiger charge is -2.14. The van der Waals surface area contributed by atoms with Gasteiger partial charge in [-0.3, -0.25) is 0 Å². The maximum atomic E-state index is 5.23. The van der Waals surface area contributed by atoms with Gasteiger partial charge in [0.1, 0.15) is 0 Å². The van der Waals surface area contributed by atoms with Crippen LogP contribution in [0.15, 0.2) is 12.4 Å². The summed E-state index contributed by atoms with van der Waals surface area (Å²) in [7, 11) is 1.73. The van der Waals surface area contributed by atoms with E-state index in [1.807, 2.05) is 19.3 Å². The van der Waals surface area contributed by atoms with E-state index in [4.69, 9.17) is 4.74 Å². The molecular formula is C11H21N3O. The molecule has 4 nitrogen and oxygen atoms in total. The zero-order valence-electron chi connectivity index (χ0n) is 10.0.